The molecule has 0 radical (unpaired) electrons. The van der Waals surface area contributed by atoms with Crippen molar-refractivity contribution in [3.8, 4) is 0 Å². The minimum absolute atomic E-state index is 0.290. The van der Waals surface area contributed by atoms with E-state index in [0.29, 0.717) is 12.5 Å². The van der Waals surface area contributed by atoms with Crippen molar-refractivity contribution < 1.29 is 5.11 Å². The van der Waals surface area contributed by atoms with Gasteiger partial charge in [-0.3, -0.25) is 0 Å². The van der Waals surface area contributed by atoms with Gasteiger partial charge in [-0.1, -0.05) is 12.1 Å². The van der Waals surface area contributed by atoms with Crippen LogP contribution >= 0.6 is 11.5 Å². The average Bonchev–Trinajstić information content (AvgIpc) is 2.82. The van der Waals surface area contributed by atoms with Crippen LogP contribution in [0.15, 0.2) is 24.3 Å². The van der Waals surface area contributed by atoms with Crippen molar-refractivity contribution in [2.75, 3.05) is 24.6 Å². The van der Waals surface area contributed by atoms with Crippen molar-refractivity contribution >= 4 is 27.4 Å². The molecule has 2 heterocycles. The first-order valence-corrected chi connectivity index (χ1v) is 6.86. The molecule has 1 atom stereocenters. The van der Waals surface area contributed by atoms with Crippen molar-refractivity contribution in [3.63, 3.8) is 0 Å². The number of nitrogens with zero attached hydrogens (tertiary/aromatic N) is 2. The first-order chi connectivity index (χ1) is 8.38. The SMILES string of the molecule is OC[C@H]1CCCN(c2nsc3ccccc23)C1. The minimum atomic E-state index is 0.290. The van der Waals surface area contributed by atoms with Crippen LogP contribution in [-0.4, -0.2) is 29.2 Å². The number of hydrogen-bond acceptors (Lipinski definition) is 4. The second kappa shape index (κ2) is 4.63. The van der Waals surface area contributed by atoms with Gasteiger partial charge >= 0.3 is 0 Å². The zero-order chi connectivity index (χ0) is 11.7. The van der Waals surface area contributed by atoms with Crippen molar-refractivity contribution in [1.82, 2.24) is 4.37 Å². The number of fused-ring (bicyclic) bond motifs is 1. The number of aliphatic hydroxyl groups excluding tert-OH is 1. The Labute approximate surface area is 105 Å². The van der Waals surface area contributed by atoms with Gasteiger partial charge in [-0.15, -0.1) is 0 Å². The summed E-state index contributed by atoms with van der Waals surface area (Å²) in [5, 5.41) is 10.5. The van der Waals surface area contributed by atoms with E-state index in [9.17, 15) is 5.11 Å². The number of aliphatic hydroxyl groups is 1. The molecule has 0 unspecified atom stereocenters. The summed E-state index contributed by atoms with van der Waals surface area (Å²) in [6.45, 7) is 2.28. The predicted molar refractivity (Wildman–Crippen MR) is 71.6 cm³/mol. The molecule has 1 saturated heterocycles. The van der Waals surface area contributed by atoms with E-state index in [-0.39, 0.29) is 0 Å². The molecule has 3 rings (SSSR count). The van der Waals surface area contributed by atoms with Gasteiger partial charge in [-0.25, -0.2) is 0 Å². The predicted octanol–water partition coefficient (Wildman–Crippen LogP) is 2.51. The summed E-state index contributed by atoms with van der Waals surface area (Å²) in [6, 6.07) is 8.37. The van der Waals surface area contributed by atoms with E-state index in [1.165, 1.54) is 10.1 Å². The van der Waals surface area contributed by atoms with Gasteiger partial charge in [0.05, 0.1) is 4.70 Å². The number of anilines is 1. The summed E-state index contributed by atoms with van der Waals surface area (Å²) in [7, 11) is 0. The van der Waals surface area contributed by atoms with Gasteiger partial charge in [0.2, 0.25) is 0 Å². The van der Waals surface area contributed by atoms with Gasteiger partial charge < -0.3 is 10.0 Å². The zero-order valence-corrected chi connectivity index (χ0v) is 10.5. The summed E-state index contributed by atoms with van der Waals surface area (Å²) in [5.41, 5.74) is 0. The molecule has 2 aromatic rings. The van der Waals surface area contributed by atoms with Crippen LogP contribution in [0.4, 0.5) is 5.82 Å². The van der Waals surface area contributed by atoms with E-state index in [1.54, 1.807) is 11.5 Å². The molecular formula is C13H16N2OS. The van der Waals surface area contributed by atoms with Crippen LogP contribution in [-0.2, 0) is 0 Å². The van der Waals surface area contributed by atoms with Crippen molar-refractivity contribution in [3.05, 3.63) is 24.3 Å². The number of hydrogen-bond donors (Lipinski definition) is 1. The Kier molecular flexibility index (Phi) is 2.99. The second-order valence-corrected chi connectivity index (χ2v) is 5.44. The highest BCUT2D eigenvalue weighted by atomic mass is 32.1. The maximum Gasteiger partial charge on any atom is 0.150 e. The third-order valence-electron chi connectivity index (χ3n) is 3.44. The standard InChI is InChI=1S/C13H16N2OS/c16-9-10-4-3-7-15(8-10)13-11-5-1-2-6-12(11)17-14-13/h1-2,5-6,10,16H,3-4,7-9H2/t10-/m0/s1. The van der Waals surface area contributed by atoms with E-state index in [2.05, 4.69) is 33.5 Å². The van der Waals surface area contributed by atoms with Gasteiger partial charge in [0, 0.05) is 25.1 Å². The van der Waals surface area contributed by atoms with E-state index in [1.807, 2.05) is 0 Å². The lowest BCUT2D eigenvalue weighted by atomic mass is 9.99. The van der Waals surface area contributed by atoms with Crippen LogP contribution in [0.3, 0.4) is 0 Å². The Morgan fingerprint density at radius 2 is 2.29 bits per heavy atom. The van der Waals surface area contributed by atoms with Gasteiger partial charge in [0.25, 0.3) is 0 Å². The second-order valence-electron chi connectivity index (χ2n) is 4.64. The monoisotopic (exact) mass is 248 g/mol. The highest BCUT2D eigenvalue weighted by Crippen LogP contribution is 2.31. The molecule has 90 valence electrons. The Morgan fingerprint density at radius 1 is 1.41 bits per heavy atom. The molecule has 1 aliphatic heterocycles. The largest absolute Gasteiger partial charge is 0.396 e. The Balaban J connectivity index is 1.92. The Hall–Kier alpha value is -1.13. The first kappa shape index (κ1) is 11.0. The van der Waals surface area contributed by atoms with Crippen molar-refractivity contribution in [2.24, 2.45) is 5.92 Å². The van der Waals surface area contributed by atoms with Crippen LogP contribution in [0.25, 0.3) is 10.1 Å². The van der Waals surface area contributed by atoms with E-state index in [4.69, 9.17) is 0 Å². The normalized spacial score (nSPS) is 21.0. The van der Waals surface area contributed by atoms with E-state index >= 15 is 0 Å². The van der Waals surface area contributed by atoms with E-state index < -0.39 is 0 Å². The lowest BCUT2D eigenvalue weighted by molar-refractivity contribution is 0.208. The highest BCUT2D eigenvalue weighted by Gasteiger charge is 2.22. The number of benzene rings is 1. The molecule has 1 aliphatic rings. The molecule has 0 spiro atoms. The molecule has 4 heteroatoms. The summed E-state index contributed by atoms with van der Waals surface area (Å²) in [6.07, 6.45) is 2.28. The zero-order valence-electron chi connectivity index (χ0n) is 9.67. The average molecular weight is 248 g/mol. The molecule has 1 aromatic carbocycles. The van der Waals surface area contributed by atoms with Crippen LogP contribution in [0, 0.1) is 5.92 Å². The lowest BCUT2D eigenvalue weighted by Crippen LogP contribution is -2.37. The molecule has 0 amide bonds. The fourth-order valence-corrected chi connectivity index (χ4v) is 3.30. The molecule has 17 heavy (non-hydrogen) atoms. The highest BCUT2D eigenvalue weighted by molar-refractivity contribution is 7.13. The molecule has 1 aromatic heterocycles. The van der Waals surface area contributed by atoms with Crippen LogP contribution in [0.5, 0.6) is 0 Å². The topological polar surface area (TPSA) is 36.4 Å². The third kappa shape index (κ3) is 2.03. The van der Waals surface area contributed by atoms with Gasteiger partial charge in [0.15, 0.2) is 0 Å². The summed E-state index contributed by atoms with van der Waals surface area (Å²) >= 11 is 1.56. The van der Waals surface area contributed by atoms with Crippen LogP contribution < -0.4 is 4.90 Å². The molecule has 0 bridgehead atoms. The number of piperidine rings is 1. The molecule has 1 fully saturated rings. The van der Waals surface area contributed by atoms with Crippen molar-refractivity contribution in [2.45, 2.75) is 12.8 Å². The van der Waals surface area contributed by atoms with Gasteiger partial charge in [-0.05, 0) is 42.4 Å². The quantitative estimate of drug-likeness (QED) is 0.887. The van der Waals surface area contributed by atoms with Crippen LogP contribution in [0.2, 0.25) is 0 Å². The third-order valence-corrected chi connectivity index (χ3v) is 4.25. The fraction of sp³-hybridized carbons (Fsp3) is 0.462. The smallest absolute Gasteiger partial charge is 0.150 e. The molecular weight excluding hydrogens is 232 g/mol. The molecule has 1 N–H and O–H groups in total. The molecule has 3 nitrogen and oxygen atoms in total. The summed E-state index contributed by atoms with van der Waals surface area (Å²) in [5.74, 6) is 1.51. The maximum atomic E-state index is 9.28. The van der Waals surface area contributed by atoms with Gasteiger partial charge in [0.1, 0.15) is 5.82 Å². The lowest BCUT2D eigenvalue weighted by Gasteiger charge is -2.32. The molecule has 0 saturated carbocycles. The van der Waals surface area contributed by atoms with Crippen LogP contribution in [0.1, 0.15) is 12.8 Å². The Bertz CT molecular complexity index is 511. The van der Waals surface area contributed by atoms with Gasteiger partial charge in [-0.2, -0.15) is 4.37 Å². The fourth-order valence-electron chi connectivity index (χ4n) is 2.51. The van der Waals surface area contributed by atoms with E-state index in [0.717, 1.165) is 31.7 Å². The first-order valence-electron chi connectivity index (χ1n) is 6.08. The number of aromatic nitrogens is 1. The number of rotatable bonds is 2. The van der Waals surface area contributed by atoms with Crippen molar-refractivity contribution in [1.29, 1.82) is 0 Å². The summed E-state index contributed by atoms with van der Waals surface area (Å²) in [4.78, 5) is 2.32. The molecule has 0 aliphatic carbocycles. The minimum Gasteiger partial charge on any atom is -0.396 e. The Morgan fingerprint density at radius 3 is 3.18 bits per heavy atom. The maximum absolute atomic E-state index is 9.28. The summed E-state index contributed by atoms with van der Waals surface area (Å²) < 4.78 is 5.82.